The molecule has 1 N–H and O–H groups in total. The van der Waals surface area contributed by atoms with Crippen LogP contribution in [0, 0.1) is 17.2 Å². The van der Waals surface area contributed by atoms with Gasteiger partial charge in [-0.05, 0) is 0 Å². The third-order valence-corrected chi connectivity index (χ3v) is 1.84. The highest BCUT2D eigenvalue weighted by Crippen LogP contribution is 2.07. The first-order chi connectivity index (χ1) is 5.24. The van der Waals surface area contributed by atoms with E-state index < -0.39 is 11.3 Å². The van der Waals surface area contributed by atoms with Gasteiger partial charge in [-0.1, -0.05) is 12.1 Å². The van der Waals surface area contributed by atoms with Gasteiger partial charge < -0.3 is 0 Å². The SMILES string of the molecule is C[C@H](CC#N)C1=NOS(=O)N1. The van der Waals surface area contributed by atoms with E-state index in [9.17, 15) is 4.21 Å². The average Bonchev–Trinajstić information content (AvgIpc) is 2.36. The van der Waals surface area contributed by atoms with Gasteiger partial charge in [-0.2, -0.15) is 9.47 Å². The highest BCUT2D eigenvalue weighted by Gasteiger charge is 2.19. The molecule has 0 aromatic rings. The zero-order valence-corrected chi connectivity index (χ0v) is 6.72. The molecule has 0 bridgehead atoms. The van der Waals surface area contributed by atoms with Gasteiger partial charge in [0.1, 0.15) is 0 Å². The van der Waals surface area contributed by atoms with Crippen LogP contribution in [0.5, 0.6) is 0 Å². The van der Waals surface area contributed by atoms with Crippen LogP contribution in [0.1, 0.15) is 13.3 Å². The molecular formula is C5H7N3O2S. The van der Waals surface area contributed by atoms with E-state index in [0.717, 1.165) is 0 Å². The second-order valence-electron chi connectivity index (χ2n) is 2.15. The molecular weight excluding hydrogens is 166 g/mol. The molecule has 0 saturated carbocycles. The second-order valence-corrected chi connectivity index (χ2v) is 2.97. The summed E-state index contributed by atoms with van der Waals surface area (Å²) in [7, 11) is 0. The minimum atomic E-state index is -1.54. The van der Waals surface area contributed by atoms with E-state index >= 15 is 0 Å². The Morgan fingerprint density at radius 2 is 2.73 bits per heavy atom. The quantitative estimate of drug-likeness (QED) is 0.641. The van der Waals surface area contributed by atoms with Gasteiger partial charge in [-0.25, -0.2) is 0 Å². The van der Waals surface area contributed by atoms with Crippen molar-refractivity contribution < 1.29 is 8.49 Å². The summed E-state index contributed by atoms with van der Waals surface area (Å²) in [5.41, 5.74) is 0. The highest BCUT2D eigenvalue weighted by molar-refractivity contribution is 7.79. The molecule has 1 rings (SSSR count). The fourth-order valence-electron chi connectivity index (χ4n) is 0.621. The van der Waals surface area contributed by atoms with Gasteiger partial charge in [0, 0.05) is 12.3 Å². The Labute approximate surface area is 66.8 Å². The predicted molar refractivity (Wildman–Crippen MR) is 39.2 cm³/mol. The zero-order valence-electron chi connectivity index (χ0n) is 5.90. The van der Waals surface area contributed by atoms with Crippen molar-refractivity contribution in [3.63, 3.8) is 0 Å². The number of oxime groups is 1. The van der Waals surface area contributed by atoms with E-state index in [-0.39, 0.29) is 5.92 Å². The van der Waals surface area contributed by atoms with Crippen molar-refractivity contribution in [2.45, 2.75) is 13.3 Å². The van der Waals surface area contributed by atoms with Crippen LogP contribution in [0.25, 0.3) is 0 Å². The Morgan fingerprint density at radius 1 is 2.00 bits per heavy atom. The number of hydrogen-bond acceptors (Lipinski definition) is 4. The van der Waals surface area contributed by atoms with Crippen molar-refractivity contribution in [3.8, 4) is 6.07 Å². The van der Waals surface area contributed by atoms with Crippen LogP contribution in [0.4, 0.5) is 0 Å². The van der Waals surface area contributed by atoms with Crippen LogP contribution in [0.15, 0.2) is 5.16 Å². The molecule has 0 aliphatic carbocycles. The van der Waals surface area contributed by atoms with E-state index in [2.05, 4.69) is 14.2 Å². The summed E-state index contributed by atoms with van der Waals surface area (Å²) in [4.78, 5) is 0. The number of rotatable bonds is 2. The molecule has 1 heterocycles. The maximum absolute atomic E-state index is 10.5. The van der Waals surface area contributed by atoms with Gasteiger partial charge in [-0.3, -0.25) is 9.01 Å². The van der Waals surface area contributed by atoms with Gasteiger partial charge in [0.05, 0.1) is 6.07 Å². The van der Waals surface area contributed by atoms with E-state index in [1.54, 1.807) is 6.92 Å². The number of nitrogens with zero attached hydrogens (tertiary/aromatic N) is 2. The van der Waals surface area contributed by atoms with E-state index in [0.29, 0.717) is 12.3 Å². The lowest BCUT2D eigenvalue weighted by molar-refractivity contribution is 0.383. The third-order valence-electron chi connectivity index (χ3n) is 1.26. The summed E-state index contributed by atoms with van der Waals surface area (Å²) < 4.78 is 17.4. The molecule has 0 radical (unpaired) electrons. The van der Waals surface area contributed by atoms with E-state index in [1.165, 1.54) is 0 Å². The topological polar surface area (TPSA) is 74.5 Å². The summed E-state index contributed by atoms with van der Waals surface area (Å²) in [5.74, 6) is 0.427. The Balaban J connectivity index is 2.50. The van der Waals surface area contributed by atoms with Crippen molar-refractivity contribution in [1.82, 2.24) is 4.72 Å². The Morgan fingerprint density at radius 3 is 3.18 bits per heavy atom. The Hall–Kier alpha value is -1.09. The van der Waals surface area contributed by atoms with Crippen LogP contribution in [0.3, 0.4) is 0 Å². The van der Waals surface area contributed by atoms with Gasteiger partial charge in [0.15, 0.2) is 5.84 Å². The first-order valence-electron chi connectivity index (χ1n) is 3.05. The van der Waals surface area contributed by atoms with Gasteiger partial charge >= 0.3 is 11.3 Å². The van der Waals surface area contributed by atoms with Crippen molar-refractivity contribution in [3.05, 3.63) is 0 Å². The first-order valence-corrected chi connectivity index (χ1v) is 4.12. The molecule has 6 heteroatoms. The molecule has 5 nitrogen and oxygen atoms in total. The van der Waals surface area contributed by atoms with Gasteiger partial charge in [0.2, 0.25) is 0 Å². The molecule has 11 heavy (non-hydrogen) atoms. The van der Waals surface area contributed by atoms with Gasteiger partial charge in [0.25, 0.3) is 0 Å². The number of nitriles is 1. The molecule has 1 aliphatic rings. The summed E-state index contributed by atoms with van der Waals surface area (Å²) in [5, 5.41) is 11.8. The minimum absolute atomic E-state index is 0.0496. The number of amidine groups is 1. The number of hydrogen-bond donors (Lipinski definition) is 1. The van der Waals surface area contributed by atoms with Gasteiger partial charge in [-0.15, -0.1) is 0 Å². The van der Waals surface area contributed by atoms with E-state index in [1.807, 2.05) is 6.07 Å². The lowest BCUT2D eigenvalue weighted by atomic mass is 10.1. The Kier molecular flexibility index (Phi) is 2.44. The maximum atomic E-state index is 10.5. The summed E-state index contributed by atoms with van der Waals surface area (Å²) >= 11 is -1.54. The lowest BCUT2D eigenvalue weighted by Crippen LogP contribution is -2.25. The molecule has 0 saturated heterocycles. The second kappa shape index (κ2) is 3.34. The fourth-order valence-corrected chi connectivity index (χ4v) is 1.22. The zero-order chi connectivity index (χ0) is 8.27. The van der Waals surface area contributed by atoms with Crippen molar-refractivity contribution in [2.75, 3.05) is 0 Å². The van der Waals surface area contributed by atoms with E-state index in [4.69, 9.17) is 5.26 Å². The minimum Gasteiger partial charge on any atom is -0.269 e. The molecule has 1 unspecified atom stereocenters. The molecule has 0 amide bonds. The highest BCUT2D eigenvalue weighted by atomic mass is 32.2. The smallest absolute Gasteiger partial charge is 0.269 e. The van der Waals surface area contributed by atoms with Crippen LogP contribution in [-0.2, 0) is 15.6 Å². The third kappa shape index (κ3) is 1.91. The molecule has 0 aromatic carbocycles. The van der Waals surface area contributed by atoms with Crippen molar-refractivity contribution in [1.29, 1.82) is 5.26 Å². The monoisotopic (exact) mass is 173 g/mol. The van der Waals surface area contributed by atoms with Crippen molar-refractivity contribution >= 4 is 17.1 Å². The van der Waals surface area contributed by atoms with Crippen LogP contribution in [-0.4, -0.2) is 10.0 Å². The molecule has 60 valence electrons. The largest absolute Gasteiger partial charge is 0.338 e. The summed E-state index contributed by atoms with van der Waals surface area (Å²) in [6.07, 6.45) is 0.340. The average molecular weight is 173 g/mol. The molecule has 0 fully saturated rings. The summed E-state index contributed by atoms with van der Waals surface area (Å²) in [6, 6.07) is 1.98. The van der Waals surface area contributed by atoms with Crippen molar-refractivity contribution in [2.24, 2.45) is 11.1 Å². The number of nitrogens with one attached hydrogen (secondary N) is 1. The summed E-state index contributed by atoms with van der Waals surface area (Å²) in [6.45, 7) is 1.81. The molecule has 2 atom stereocenters. The standard InChI is InChI=1S/C5H7N3O2S/c1-4(2-3-6)5-7-10-11(9)8-5/h4H,2H2,1H3,(H,7,8)/t4-,11?/m1/s1. The first kappa shape index (κ1) is 8.01. The molecule has 1 aliphatic heterocycles. The predicted octanol–water partition coefficient (Wildman–Crippen LogP) is 0.0482. The van der Waals surface area contributed by atoms with Crippen LogP contribution in [0.2, 0.25) is 0 Å². The maximum Gasteiger partial charge on any atom is 0.338 e. The van der Waals surface area contributed by atoms with Crippen LogP contribution >= 0.6 is 0 Å². The fraction of sp³-hybridized carbons (Fsp3) is 0.600. The molecule has 0 aromatic heterocycles. The van der Waals surface area contributed by atoms with Crippen LogP contribution < -0.4 is 4.72 Å². The normalized spacial score (nSPS) is 24.4. The lowest BCUT2D eigenvalue weighted by Gasteiger charge is -2.01. The molecule has 0 spiro atoms. The Bertz CT molecular complexity index is 245.